The summed E-state index contributed by atoms with van der Waals surface area (Å²) in [6, 6.07) is 10.3. The summed E-state index contributed by atoms with van der Waals surface area (Å²) in [5, 5.41) is 13.2. The molecule has 1 aliphatic carbocycles. The molecule has 1 aromatic carbocycles. The number of rotatable bonds is 3. The SMILES string of the molecule is COc1ccccc1NC1(C#N)CCCC(C)C1C. The van der Waals surface area contributed by atoms with Crippen molar-refractivity contribution in [1.29, 1.82) is 5.26 Å². The summed E-state index contributed by atoms with van der Waals surface area (Å²) in [6.07, 6.45) is 3.20. The van der Waals surface area contributed by atoms with Crippen molar-refractivity contribution >= 4 is 5.69 Å². The Balaban J connectivity index is 2.30. The number of hydrogen-bond donors (Lipinski definition) is 1. The zero-order valence-electron chi connectivity index (χ0n) is 11.9. The number of nitriles is 1. The van der Waals surface area contributed by atoms with E-state index in [1.54, 1.807) is 7.11 Å². The van der Waals surface area contributed by atoms with E-state index in [4.69, 9.17) is 4.74 Å². The fraction of sp³-hybridized carbons (Fsp3) is 0.562. The van der Waals surface area contributed by atoms with E-state index < -0.39 is 5.54 Å². The molecule has 0 bridgehead atoms. The van der Waals surface area contributed by atoms with Crippen LogP contribution in [0.3, 0.4) is 0 Å². The number of ether oxygens (including phenoxy) is 1. The molecule has 1 aromatic rings. The quantitative estimate of drug-likeness (QED) is 0.896. The molecule has 19 heavy (non-hydrogen) atoms. The van der Waals surface area contributed by atoms with Crippen LogP contribution < -0.4 is 10.1 Å². The van der Waals surface area contributed by atoms with E-state index in [2.05, 4.69) is 25.2 Å². The molecule has 3 unspecified atom stereocenters. The minimum absolute atomic E-state index is 0.330. The summed E-state index contributed by atoms with van der Waals surface area (Å²) >= 11 is 0. The number of nitrogens with zero attached hydrogens (tertiary/aromatic N) is 1. The fourth-order valence-electron chi connectivity index (χ4n) is 3.02. The number of methoxy groups -OCH3 is 1. The van der Waals surface area contributed by atoms with Gasteiger partial charge in [0.25, 0.3) is 0 Å². The van der Waals surface area contributed by atoms with E-state index in [-0.39, 0.29) is 0 Å². The van der Waals surface area contributed by atoms with Gasteiger partial charge in [-0.25, -0.2) is 0 Å². The zero-order valence-corrected chi connectivity index (χ0v) is 11.9. The van der Waals surface area contributed by atoms with Gasteiger partial charge in [-0.2, -0.15) is 5.26 Å². The third kappa shape index (κ3) is 2.53. The van der Waals surface area contributed by atoms with Crippen molar-refractivity contribution in [2.24, 2.45) is 11.8 Å². The van der Waals surface area contributed by atoms with Crippen molar-refractivity contribution in [3.8, 4) is 11.8 Å². The third-order valence-corrected chi connectivity index (χ3v) is 4.53. The summed E-state index contributed by atoms with van der Waals surface area (Å²) < 4.78 is 5.37. The molecule has 0 aliphatic heterocycles. The summed E-state index contributed by atoms with van der Waals surface area (Å²) in [4.78, 5) is 0. The van der Waals surface area contributed by atoms with Gasteiger partial charge in [0.1, 0.15) is 11.3 Å². The second kappa shape index (κ2) is 5.52. The minimum atomic E-state index is -0.480. The van der Waals surface area contributed by atoms with E-state index in [9.17, 15) is 5.26 Å². The van der Waals surface area contributed by atoms with Crippen LogP contribution in [0.1, 0.15) is 33.1 Å². The van der Waals surface area contributed by atoms with Crippen molar-refractivity contribution in [3.05, 3.63) is 24.3 Å². The Hall–Kier alpha value is -1.69. The number of nitrogens with one attached hydrogen (secondary N) is 1. The highest BCUT2D eigenvalue weighted by atomic mass is 16.5. The van der Waals surface area contributed by atoms with Crippen LogP contribution in [0.15, 0.2) is 24.3 Å². The lowest BCUT2D eigenvalue weighted by Crippen LogP contribution is -2.48. The van der Waals surface area contributed by atoms with Crippen molar-refractivity contribution < 1.29 is 4.74 Å². The van der Waals surface area contributed by atoms with Crippen LogP contribution in [-0.4, -0.2) is 12.6 Å². The Labute approximate surface area is 115 Å². The van der Waals surface area contributed by atoms with Crippen molar-refractivity contribution in [2.75, 3.05) is 12.4 Å². The summed E-state index contributed by atoms with van der Waals surface area (Å²) in [6.45, 7) is 4.41. The van der Waals surface area contributed by atoms with Crippen LogP contribution in [0.5, 0.6) is 5.75 Å². The van der Waals surface area contributed by atoms with Crippen LogP contribution in [0, 0.1) is 23.2 Å². The fourth-order valence-corrected chi connectivity index (χ4v) is 3.02. The number of para-hydroxylation sites is 2. The Kier molecular flexibility index (Phi) is 3.99. The molecule has 102 valence electrons. The molecule has 0 aromatic heterocycles. The lowest BCUT2D eigenvalue weighted by Gasteiger charge is -2.42. The van der Waals surface area contributed by atoms with Crippen molar-refractivity contribution in [1.82, 2.24) is 0 Å². The molecule has 0 spiro atoms. The maximum atomic E-state index is 9.70. The largest absolute Gasteiger partial charge is 0.495 e. The van der Waals surface area contributed by atoms with E-state index in [0.29, 0.717) is 11.8 Å². The monoisotopic (exact) mass is 258 g/mol. The molecule has 1 saturated carbocycles. The van der Waals surface area contributed by atoms with Gasteiger partial charge in [0.15, 0.2) is 0 Å². The molecule has 1 N–H and O–H groups in total. The van der Waals surface area contributed by atoms with Gasteiger partial charge in [0, 0.05) is 0 Å². The highest BCUT2D eigenvalue weighted by Gasteiger charge is 2.42. The van der Waals surface area contributed by atoms with Gasteiger partial charge in [0.2, 0.25) is 0 Å². The molecule has 3 nitrogen and oxygen atoms in total. The zero-order chi connectivity index (χ0) is 13.9. The molecule has 3 atom stereocenters. The molecule has 0 amide bonds. The van der Waals surface area contributed by atoms with Crippen LogP contribution in [-0.2, 0) is 0 Å². The van der Waals surface area contributed by atoms with Gasteiger partial charge >= 0.3 is 0 Å². The number of anilines is 1. The van der Waals surface area contributed by atoms with Gasteiger partial charge < -0.3 is 10.1 Å². The molecule has 0 saturated heterocycles. The number of hydrogen-bond acceptors (Lipinski definition) is 3. The lowest BCUT2D eigenvalue weighted by atomic mass is 9.69. The van der Waals surface area contributed by atoms with E-state index in [1.807, 2.05) is 24.3 Å². The van der Waals surface area contributed by atoms with E-state index >= 15 is 0 Å². The number of benzene rings is 1. The molecular weight excluding hydrogens is 236 g/mol. The molecule has 0 heterocycles. The Morgan fingerprint density at radius 2 is 2.11 bits per heavy atom. The van der Waals surface area contributed by atoms with Crippen LogP contribution in [0.2, 0.25) is 0 Å². The minimum Gasteiger partial charge on any atom is -0.495 e. The van der Waals surface area contributed by atoms with Crippen LogP contribution in [0.4, 0.5) is 5.69 Å². The predicted molar refractivity (Wildman–Crippen MR) is 77.1 cm³/mol. The predicted octanol–water partition coefficient (Wildman–Crippen LogP) is 3.83. The van der Waals surface area contributed by atoms with Gasteiger partial charge in [-0.05, 0) is 36.8 Å². The van der Waals surface area contributed by atoms with E-state index in [1.165, 1.54) is 6.42 Å². The first-order chi connectivity index (χ1) is 9.13. The average molecular weight is 258 g/mol. The second-order valence-electron chi connectivity index (χ2n) is 5.57. The standard InChI is InChI=1S/C16H22N2O/c1-12-7-6-10-16(11-17,13(12)2)18-14-8-4-5-9-15(14)19-3/h4-5,8-9,12-13,18H,6-7,10H2,1-3H3. The lowest BCUT2D eigenvalue weighted by molar-refractivity contribution is 0.205. The van der Waals surface area contributed by atoms with Gasteiger partial charge in [-0.3, -0.25) is 0 Å². The first-order valence-electron chi connectivity index (χ1n) is 6.95. The first-order valence-corrected chi connectivity index (χ1v) is 6.95. The maximum absolute atomic E-state index is 9.70. The first kappa shape index (κ1) is 13.7. The second-order valence-corrected chi connectivity index (χ2v) is 5.57. The Morgan fingerprint density at radius 1 is 1.37 bits per heavy atom. The Morgan fingerprint density at radius 3 is 2.79 bits per heavy atom. The Bertz CT molecular complexity index is 480. The van der Waals surface area contributed by atoms with Crippen LogP contribution >= 0.6 is 0 Å². The molecule has 2 rings (SSSR count). The van der Waals surface area contributed by atoms with Crippen molar-refractivity contribution in [2.45, 2.75) is 38.6 Å². The molecular formula is C16H22N2O. The topological polar surface area (TPSA) is 45.0 Å². The van der Waals surface area contributed by atoms with Gasteiger partial charge in [-0.1, -0.05) is 32.4 Å². The molecule has 3 heteroatoms. The van der Waals surface area contributed by atoms with Gasteiger partial charge in [0.05, 0.1) is 18.9 Å². The summed E-state index contributed by atoms with van der Waals surface area (Å²) in [7, 11) is 1.66. The normalized spacial score (nSPS) is 30.4. The van der Waals surface area contributed by atoms with E-state index in [0.717, 1.165) is 24.3 Å². The smallest absolute Gasteiger partial charge is 0.141 e. The van der Waals surface area contributed by atoms with Crippen molar-refractivity contribution in [3.63, 3.8) is 0 Å². The highest BCUT2D eigenvalue weighted by molar-refractivity contribution is 5.59. The molecule has 0 radical (unpaired) electrons. The maximum Gasteiger partial charge on any atom is 0.141 e. The summed E-state index contributed by atoms with van der Waals surface area (Å²) in [5.74, 6) is 1.69. The average Bonchev–Trinajstić information content (AvgIpc) is 2.44. The highest BCUT2D eigenvalue weighted by Crippen LogP contribution is 2.41. The molecule has 1 aliphatic rings. The third-order valence-electron chi connectivity index (χ3n) is 4.53. The summed E-state index contributed by atoms with van der Waals surface area (Å²) in [5.41, 5.74) is 0.430. The molecule has 1 fully saturated rings. The van der Waals surface area contributed by atoms with Crippen LogP contribution in [0.25, 0.3) is 0 Å². The van der Waals surface area contributed by atoms with Gasteiger partial charge in [-0.15, -0.1) is 0 Å².